The number of rotatable bonds is 5. The number of carbonyl (C=O) groups is 1. The molecule has 128 valence electrons. The van der Waals surface area contributed by atoms with Crippen LogP contribution in [0.25, 0.3) is 0 Å². The van der Waals surface area contributed by atoms with E-state index >= 15 is 0 Å². The van der Waals surface area contributed by atoms with E-state index in [1.165, 1.54) is 25.7 Å². The van der Waals surface area contributed by atoms with Crippen molar-refractivity contribution in [1.82, 2.24) is 10.2 Å². The van der Waals surface area contributed by atoms with Crippen molar-refractivity contribution in [2.24, 2.45) is 17.6 Å². The van der Waals surface area contributed by atoms with E-state index in [9.17, 15) is 9.90 Å². The minimum absolute atomic E-state index is 0.0805. The number of amides is 2. The Balaban J connectivity index is 2.10. The lowest BCUT2D eigenvalue weighted by atomic mass is 9.79. The Morgan fingerprint density at radius 1 is 1.18 bits per heavy atom. The van der Waals surface area contributed by atoms with E-state index in [1.807, 2.05) is 7.05 Å². The number of hydrogen-bond acceptors (Lipinski definition) is 3. The molecule has 1 unspecified atom stereocenters. The monoisotopic (exact) mass is 311 g/mol. The van der Waals surface area contributed by atoms with Crippen LogP contribution < -0.4 is 11.1 Å². The van der Waals surface area contributed by atoms with E-state index in [1.54, 1.807) is 4.90 Å². The van der Waals surface area contributed by atoms with Crippen molar-refractivity contribution in [3.63, 3.8) is 0 Å². The molecule has 2 rings (SSSR count). The molecule has 2 fully saturated rings. The largest absolute Gasteiger partial charge is 0.392 e. The Bertz CT molecular complexity index is 343. The SMILES string of the molecule is CNC[C@H](C1CCCCN1C(N)=O)[C@H](O)C1CCCCCC1. The second-order valence-electron chi connectivity index (χ2n) is 7.06. The normalized spacial score (nSPS) is 27.2. The fourth-order valence-electron chi connectivity index (χ4n) is 4.40. The number of hydrogen-bond donors (Lipinski definition) is 3. The number of nitrogens with zero attached hydrogens (tertiary/aromatic N) is 1. The second kappa shape index (κ2) is 8.73. The molecule has 3 atom stereocenters. The first-order chi connectivity index (χ1) is 10.6. The summed E-state index contributed by atoms with van der Waals surface area (Å²) in [7, 11) is 1.92. The van der Waals surface area contributed by atoms with Crippen LogP contribution in [0.5, 0.6) is 0 Å². The van der Waals surface area contributed by atoms with Gasteiger partial charge in [0.25, 0.3) is 0 Å². The molecule has 0 aromatic carbocycles. The third kappa shape index (κ3) is 4.35. The van der Waals surface area contributed by atoms with Gasteiger partial charge in [0.15, 0.2) is 0 Å². The first-order valence-corrected chi connectivity index (χ1v) is 9.04. The van der Waals surface area contributed by atoms with Gasteiger partial charge in [-0.05, 0) is 45.1 Å². The lowest BCUT2D eigenvalue weighted by Gasteiger charge is -2.43. The predicted molar refractivity (Wildman–Crippen MR) is 88.5 cm³/mol. The van der Waals surface area contributed by atoms with Crippen LogP contribution in [0, 0.1) is 11.8 Å². The fourth-order valence-corrected chi connectivity index (χ4v) is 4.40. The number of nitrogens with one attached hydrogen (secondary N) is 1. The number of carbonyl (C=O) groups excluding carboxylic acids is 1. The number of aliphatic hydroxyl groups excluding tert-OH is 1. The first-order valence-electron chi connectivity index (χ1n) is 9.04. The summed E-state index contributed by atoms with van der Waals surface area (Å²) >= 11 is 0. The van der Waals surface area contributed by atoms with E-state index in [4.69, 9.17) is 5.73 Å². The van der Waals surface area contributed by atoms with Crippen molar-refractivity contribution >= 4 is 6.03 Å². The molecule has 1 aliphatic heterocycles. The predicted octanol–water partition coefficient (Wildman–Crippen LogP) is 2.09. The van der Waals surface area contributed by atoms with E-state index in [2.05, 4.69) is 5.32 Å². The number of piperidine rings is 1. The van der Waals surface area contributed by atoms with Gasteiger partial charge in [0.05, 0.1) is 6.10 Å². The maximum absolute atomic E-state index is 11.8. The summed E-state index contributed by atoms with van der Waals surface area (Å²) in [6, 6.07) is -0.254. The summed E-state index contributed by atoms with van der Waals surface area (Å²) in [6.07, 6.45) is 10.0. The fraction of sp³-hybridized carbons (Fsp3) is 0.941. The van der Waals surface area contributed by atoms with Gasteiger partial charge < -0.3 is 21.1 Å². The minimum Gasteiger partial charge on any atom is -0.392 e. The molecule has 5 nitrogen and oxygen atoms in total. The van der Waals surface area contributed by atoms with Gasteiger partial charge in [-0.2, -0.15) is 0 Å². The zero-order valence-corrected chi connectivity index (χ0v) is 14.0. The smallest absolute Gasteiger partial charge is 0.315 e. The van der Waals surface area contributed by atoms with Gasteiger partial charge in [0.1, 0.15) is 0 Å². The minimum atomic E-state index is -0.338. The molecule has 1 aliphatic carbocycles. The van der Waals surface area contributed by atoms with Crippen LogP contribution in [-0.2, 0) is 0 Å². The summed E-state index contributed by atoms with van der Waals surface area (Å²) in [5, 5.41) is 14.2. The third-order valence-electron chi connectivity index (χ3n) is 5.59. The van der Waals surface area contributed by atoms with Gasteiger partial charge in [-0.25, -0.2) is 4.79 Å². The molecular formula is C17H33N3O2. The van der Waals surface area contributed by atoms with Gasteiger partial charge in [0.2, 0.25) is 0 Å². The molecule has 0 radical (unpaired) electrons. The van der Waals surface area contributed by atoms with Crippen molar-refractivity contribution < 1.29 is 9.90 Å². The molecular weight excluding hydrogens is 278 g/mol. The van der Waals surface area contributed by atoms with Crippen LogP contribution in [0.4, 0.5) is 4.79 Å². The Morgan fingerprint density at radius 3 is 2.41 bits per heavy atom. The van der Waals surface area contributed by atoms with Crippen LogP contribution >= 0.6 is 0 Å². The van der Waals surface area contributed by atoms with Crippen molar-refractivity contribution in [1.29, 1.82) is 0 Å². The van der Waals surface area contributed by atoms with Gasteiger partial charge in [0, 0.05) is 25.0 Å². The van der Waals surface area contributed by atoms with Gasteiger partial charge in [-0.1, -0.05) is 25.7 Å². The number of aliphatic hydroxyl groups is 1. The topological polar surface area (TPSA) is 78.6 Å². The molecule has 1 heterocycles. The Morgan fingerprint density at radius 2 is 1.82 bits per heavy atom. The summed E-state index contributed by atoms with van der Waals surface area (Å²) < 4.78 is 0. The number of nitrogens with two attached hydrogens (primary N) is 1. The Hall–Kier alpha value is -0.810. The summed E-state index contributed by atoms with van der Waals surface area (Å²) in [5.41, 5.74) is 5.58. The Kier molecular flexibility index (Phi) is 6.96. The van der Waals surface area contributed by atoms with E-state index in [0.717, 1.165) is 45.2 Å². The third-order valence-corrected chi connectivity index (χ3v) is 5.59. The summed E-state index contributed by atoms with van der Waals surface area (Å²) in [6.45, 7) is 1.48. The molecule has 0 aromatic heterocycles. The highest BCUT2D eigenvalue weighted by atomic mass is 16.3. The van der Waals surface area contributed by atoms with Crippen LogP contribution in [0.2, 0.25) is 0 Å². The highest BCUT2D eigenvalue weighted by molar-refractivity contribution is 5.72. The van der Waals surface area contributed by atoms with Crippen molar-refractivity contribution in [2.75, 3.05) is 20.1 Å². The second-order valence-corrected chi connectivity index (χ2v) is 7.06. The average molecular weight is 311 g/mol. The molecule has 5 heteroatoms. The van der Waals surface area contributed by atoms with Crippen LogP contribution in [0.3, 0.4) is 0 Å². The molecule has 2 amide bonds. The van der Waals surface area contributed by atoms with Crippen LogP contribution in [0.1, 0.15) is 57.8 Å². The average Bonchev–Trinajstić information content (AvgIpc) is 2.81. The molecule has 0 bridgehead atoms. The maximum atomic E-state index is 11.8. The van der Waals surface area contributed by atoms with E-state index in [0.29, 0.717) is 5.92 Å². The van der Waals surface area contributed by atoms with E-state index in [-0.39, 0.29) is 24.1 Å². The van der Waals surface area contributed by atoms with Gasteiger partial charge in [-0.15, -0.1) is 0 Å². The lowest BCUT2D eigenvalue weighted by Crippen LogP contribution is -2.55. The molecule has 1 saturated heterocycles. The highest BCUT2D eigenvalue weighted by Gasteiger charge is 2.38. The highest BCUT2D eigenvalue weighted by Crippen LogP contribution is 2.33. The summed E-state index contributed by atoms with van der Waals surface area (Å²) in [5.74, 6) is 0.457. The number of urea groups is 1. The zero-order chi connectivity index (χ0) is 15.9. The Labute approximate surface area is 134 Å². The molecule has 4 N–H and O–H groups in total. The standard InChI is InChI=1S/C17H33N3O2/c1-19-12-14(15-10-6-7-11-20(15)17(18)22)16(21)13-8-4-2-3-5-9-13/h13-16,19,21H,2-12H2,1H3,(H2,18,22)/t14-,15?,16-/m1/s1. The molecule has 1 saturated carbocycles. The summed E-state index contributed by atoms with van der Waals surface area (Å²) in [4.78, 5) is 13.6. The van der Waals surface area contributed by atoms with Crippen molar-refractivity contribution in [2.45, 2.75) is 69.9 Å². The first kappa shape index (κ1) is 17.5. The quantitative estimate of drug-likeness (QED) is 0.680. The van der Waals surface area contributed by atoms with Crippen molar-refractivity contribution in [3.05, 3.63) is 0 Å². The molecule has 0 aromatic rings. The lowest BCUT2D eigenvalue weighted by molar-refractivity contribution is -0.00258. The van der Waals surface area contributed by atoms with Crippen molar-refractivity contribution in [3.8, 4) is 0 Å². The zero-order valence-electron chi connectivity index (χ0n) is 14.0. The van der Waals surface area contributed by atoms with E-state index < -0.39 is 0 Å². The molecule has 22 heavy (non-hydrogen) atoms. The number of primary amides is 1. The van der Waals surface area contributed by atoms with Gasteiger partial charge >= 0.3 is 6.03 Å². The molecule has 0 spiro atoms. The van der Waals surface area contributed by atoms with Crippen LogP contribution in [-0.4, -0.2) is 48.3 Å². The molecule has 2 aliphatic rings. The van der Waals surface area contributed by atoms with Crippen LogP contribution in [0.15, 0.2) is 0 Å². The number of likely N-dealkylation sites (tertiary alicyclic amines) is 1. The maximum Gasteiger partial charge on any atom is 0.315 e. The van der Waals surface area contributed by atoms with Gasteiger partial charge in [-0.3, -0.25) is 0 Å².